The van der Waals surface area contributed by atoms with Crippen LogP contribution >= 0.6 is 22.6 Å². The first-order valence-electron chi connectivity index (χ1n) is 6.30. The number of aryl methyl sites for hydroxylation is 1. The van der Waals surface area contributed by atoms with Gasteiger partial charge in [-0.3, -0.25) is 4.79 Å². The molecule has 0 atom stereocenters. The van der Waals surface area contributed by atoms with Crippen molar-refractivity contribution < 1.29 is 9.53 Å². The zero-order valence-electron chi connectivity index (χ0n) is 10.4. The van der Waals surface area contributed by atoms with E-state index >= 15 is 0 Å². The maximum atomic E-state index is 12.5. The molecule has 0 amide bonds. The molecule has 2 nitrogen and oxygen atoms in total. The van der Waals surface area contributed by atoms with E-state index in [9.17, 15) is 4.79 Å². The number of fused-ring (bicyclic) bond motifs is 1. The molecule has 0 bridgehead atoms. The second-order valence-electron chi connectivity index (χ2n) is 4.58. The Morgan fingerprint density at radius 1 is 1.16 bits per heavy atom. The molecule has 1 heterocycles. The molecular weight excluding hydrogens is 351 g/mol. The van der Waals surface area contributed by atoms with Crippen LogP contribution in [-0.2, 0) is 6.42 Å². The van der Waals surface area contributed by atoms with E-state index in [-0.39, 0.29) is 5.78 Å². The lowest BCUT2D eigenvalue weighted by atomic mass is 9.98. The second-order valence-corrected chi connectivity index (χ2v) is 5.75. The smallest absolute Gasteiger partial charge is 0.194 e. The van der Waals surface area contributed by atoms with Crippen LogP contribution in [0.4, 0.5) is 0 Å². The van der Waals surface area contributed by atoms with E-state index < -0.39 is 0 Å². The molecule has 3 heteroatoms. The average Bonchev–Trinajstić information content (AvgIpc) is 2.46. The molecule has 0 aromatic heterocycles. The van der Waals surface area contributed by atoms with Gasteiger partial charge in [0.2, 0.25) is 0 Å². The number of hydrogen-bond donors (Lipinski definition) is 0. The number of rotatable bonds is 2. The number of halogens is 1. The van der Waals surface area contributed by atoms with Crippen molar-refractivity contribution in [3.05, 3.63) is 62.7 Å². The van der Waals surface area contributed by atoms with Crippen LogP contribution in [0.15, 0.2) is 42.5 Å². The molecule has 0 saturated heterocycles. The summed E-state index contributed by atoms with van der Waals surface area (Å²) in [4.78, 5) is 12.5. The van der Waals surface area contributed by atoms with Crippen LogP contribution in [0.2, 0.25) is 0 Å². The Kier molecular flexibility index (Phi) is 3.55. The number of carbonyl (C=O) groups is 1. The van der Waals surface area contributed by atoms with E-state index in [2.05, 4.69) is 22.6 Å². The SMILES string of the molecule is O=C(c1ccc2c(c1)CCCO2)c1ccccc1I. The first kappa shape index (κ1) is 12.7. The largest absolute Gasteiger partial charge is 0.493 e. The van der Waals surface area contributed by atoms with E-state index in [1.807, 2.05) is 42.5 Å². The van der Waals surface area contributed by atoms with Crippen LogP contribution in [-0.4, -0.2) is 12.4 Å². The predicted molar refractivity (Wildman–Crippen MR) is 82.8 cm³/mol. The fourth-order valence-corrected chi connectivity index (χ4v) is 2.93. The van der Waals surface area contributed by atoms with Crippen molar-refractivity contribution in [2.75, 3.05) is 6.61 Å². The Balaban J connectivity index is 1.98. The third-order valence-electron chi connectivity index (χ3n) is 3.29. The van der Waals surface area contributed by atoms with Crippen molar-refractivity contribution in [1.82, 2.24) is 0 Å². The Morgan fingerprint density at radius 3 is 2.84 bits per heavy atom. The first-order valence-corrected chi connectivity index (χ1v) is 7.38. The topological polar surface area (TPSA) is 26.3 Å². The molecule has 0 fully saturated rings. The quantitative estimate of drug-likeness (QED) is 0.598. The first-order chi connectivity index (χ1) is 9.25. The summed E-state index contributed by atoms with van der Waals surface area (Å²) < 4.78 is 6.56. The van der Waals surface area contributed by atoms with Crippen molar-refractivity contribution in [1.29, 1.82) is 0 Å². The molecule has 0 spiro atoms. The van der Waals surface area contributed by atoms with Crippen LogP contribution in [0, 0.1) is 3.57 Å². The lowest BCUT2D eigenvalue weighted by Gasteiger charge is -2.17. The van der Waals surface area contributed by atoms with E-state index in [4.69, 9.17) is 4.74 Å². The number of ketones is 1. The van der Waals surface area contributed by atoms with Crippen LogP contribution in [0.1, 0.15) is 27.9 Å². The van der Waals surface area contributed by atoms with Crippen LogP contribution in [0.25, 0.3) is 0 Å². The lowest BCUT2D eigenvalue weighted by Crippen LogP contribution is -2.10. The minimum atomic E-state index is 0.0818. The van der Waals surface area contributed by atoms with Crippen LogP contribution in [0.5, 0.6) is 5.75 Å². The van der Waals surface area contributed by atoms with E-state index in [1.165, 1.54) is 0 Å². The molecule has 19 heavy (non-hydrogen) atoms. The number of carbonyl (C=O) groups excluding carboxylic acids is 1. The highest BCUT2D eigenvalue weighted by molar-refractivity contribution is 14.1. The third-order valence-corrected chi connectivity index (χ3v) is 4.23. The maximum absolute atomic E-state index is 12.5. The number of hydrogen-bond acceptors (Lipinski definition) is 2. The molecule has 2 aromatic carbocycles. The zero-order valence-corrected chi connectivity index (χ0v) is 12.5. The van der Waals surface area contributed by atoms with Crippen molar-refractivity contribution in [2.45, 2.75) is 12.8 Å². The second kappa shape index (κ2) is 5.33. The zero-order chi connectivity index (χ0) is 13.2. The summed E-state index contributed by atoms with van der Waals surface area (Å²) >= 11 is 2.20. The molecule has 3 rings (SSSR count). The van der Waals surface area contributed by atoms with E-state index in [0.717, 1.165) is 45.5 Å². The summed E-state index contributed by atoms with van der Waals surface area (Å²) in [5.41, 5.74) is 2.65. The molecule has 2 aromatic rings. The minimum Gasteiger partial charge on any atom is -0.493 e. The molecule has 0 aliphatic carbocycles. The molecule has 0 unspecified atom stereocenters. The summed E-state index contributed by atoms with van der Waals surface area (Å²) in [6, 6.07) is 13.4. The highest BCUT2D eigenvalue weighted by Crippen LogP contribution is 2.27. The Bertz CT molecular complexity index is 634. The fraction of sp³-hybridized carbons (Fsp3) is 0.188. The van der Waals surface area contributed by atoms with Gasteiger partial charge in [0.15, 0.2) is 5.78 Å². The molecule has 0 saturated carbocycles. The number of benzene rings is 2. The van der Waals surface area contributed by atoms with Crippen molar-refractivity contribution in [3.63, 3.8) is 0 Å². The lowest BCUT2D eigenvalue weighted by molar-refractivity contribution is 0.103. The highest BCUT2D eigenvalue weighted by atomic mass is 127. The van der Waals surface area contributed by atoms with Crippen LogP contribution in [0.3, 0.4) is 0 Å². The van der Waals surface area contributed by atoms with Gasteiger partial charge in [0, 0.05) is 14.7 Å². The maximum Gasteiger partial charge on any atom is 0.194 e. The molecule has 96 valence electrons. The molecule has 1 aliphatic rings. The van der Waals surface area contributed by atoms with Gasteiger partial charge in [0.25, 0.3) is 0 Å². The average molecular weight is 364 g/mol. The fourth-order valence-electron chi connectivity index (χ4n) is 2.30. The molecule has 1 aliphatic heterocycles. The van der Waals surface area contributed by atoms with Crippen molar-refractivity contribution >= 4 is 28.4 Å². The summed E-state index contributed by atoms with van der Waals surface area (Å²) in [5, 5.41) is 0. The monoisotopic (exact) mass is 364 g/mol. The summed E-state index contributed by atoms with van der Waals surface area (Å²) in [6.45, 7) is 0.775. The Labute approximate surface area is 125 Å². The van der Waals surface area contributed by atoms with Gasteiger partial charge in [-0.05, 0) is 71.3 Å². The predicted octanol–water partition coefficient (Wildman–Crippen LogP) is 3.85. The third kappa shape index (κ3) is 2.52. The summed E-state index contributed by atoms with van der Waals surface area (Å²) in [7, 11) is 0. The van der Waals surface area contributed by atoms with Gasteiger partial charge in [-0.2, -0.15) is 0 Å². The van der Waals surface area contributed by atoms with Crippen molar-refractivity contribution in [3.8, 4) is 5.75 Å². The molecular formula is C16H13IO2. The van der Waals surface area contributed by atoms with Gasteiger partial charge in [-0.25, -0.2) is 0 Å². The standard InChI is InChI=1S/C16H13IO2/c17-14-6-2-1-5-13(14)16(18)12-7-8-15-11(10-12)4-3-9-19-15/h1-2,5-8,10H,3-4,9H2. The van der Waals surface area contributed by atoms with Crippen molar-refractivity contribution in [2.24, 2.45) is 0 Å². The molecule has 0 N–H and O–H groups in total. The van der Waals surface area contributed by atoms with Gasteiger partial charge in [-0.1, -0.05) is 12.1 Å². The number of ether oxygens (including phenoxy) is 1. The molecule has 0 radical (unpaired) electrons. The van der Waals surface area contributed by atoms with Gasteiger partial charge in [0.1, 0.15) is 5.75 Å². The summed E-state index contributed by atoms with van der Waals surface area (Å²) in [5.74, 6) is 1.00. The minimum absolute atomic E-state index is 0.0818. The van der Waals surface area contributed by atoms with Gasteiger partial charge >= 0.3 is 0 Å². The Hall–Kier alpha value is -1.36. The van der Waals surface area contributed by atoms with Crippen LogP contribution < -0.4 is 4.74 Å². The van der Waals surface area contributed by atoms with E-state index in [1.54, 1.807) is 0 Å². The van der Waals surface area contributed by atoms with Gasteiger partial charge in [-0.15, -0.1) is 0 Å². The highest BCUT2D eigenvalue weighted by Gasteiger charge is 2.16. The Morgan fingerprint density at radius 2 is 2.00 bits per heavy atom. The van der Waals surface area contributed by atoms with Gasteiger partial charge in [0.05, 0.1) is 6.61 Å². The summed E-state index contributed by atoms with van der Waals surface area (Å²) in [6.07, 6.45) is 2.01. The van der Waals surface area contributed by atoms with Gasteiger partial charge < -0.3 is 4.74 Å². The normalized spacial score (nSPS) is 13.5. The van der Waals surface area contributed by atoms with E-state index in [0.29, 0.717) is 0 Å².